The molecule has 180 valence electrons. The Kier molecular flexibility index (Phi) is 7.35. The van der Waals surface area contributed by atoms with Crippen LogP contribution in [0.25, 0.3) is 11.4 Å². The lowest BCUT2D eigenvalue weighted by Gasteiger charge is -2.30. The SMILES string of the molecule is NS(=O)(=O)c1ccc(CCNC(=O)CN2CCCC(c3nc(-c4ccc(F)cc4)no3)C2)cc1. The molecule has 34 heavy (non-hydrogen) atoms. The van der Waals surface area contributed by atoms with Crippen molar-refractivity contribution >= 4 is 15.9 Å². The van der Waals surface area contributed by atoms with E-state index in [-0.39, 0.29) is 29.1 Å². The number of carbonyl (C=O) groups excluding carboxylic acids is 1. The van der Waals surface area contributed by atoms with Gasteiger partial charge in [0.05, 0.1) is 17.4 Å². The van der Waals surface area contributed by atoms with Gasteiger partial charge in [0, 0.05) is 18.7 Å². The van der Waals surface area contributed by atoms with Crippen LogP contribution in [-0.2, 0) is 21.2 Å². The molecule has 2 aromatic carbocycles. The smallest absolute Gasteiger partial charge is 0.238 e. The number of nitrogens with one attached hydrogen (secondary N) is 1. The van der Waals surface area contributed by atoms with Crippen LogP contribution in [0.15, 0.2) is 57.9 Å². The summed E-state index contributed by atoms with van der Waals surface area (Å²) in [6, 6.07) is 12.2. The minimum Gasteiger partial charge on any atom is -0.355 e. The van der Waals surface area contributed by atoms with E-state index in [0.717, 1.165) is 24.9 Å². The number of halogens is 1. The van der Waals surface area contributed by atoms with Gasteiger partial charge in [-0.15, -0.1) is 0 Å². The summed E-state index contributed by atoms with van der Waals surface area (Å²) >= 11 is 0. The molecule has 0 spiro atoms. The highest BCUT2D eigenvalue weighted by Crippen LogP contribution is 2.27. The highest BCUT2D eigenvalue weighted by Gasteiger charge is 2.27. The molecule has 3 aromatic rings. The van der Waals surface area contributed by atoms with Crippen molar-refractivity contribution in [3.8, 4) is 11.4 Å². The van der Waals surface area contributed by atoms with Gasteiger partial charge in [-0.2, -0.15) is 4.98 Å². The van der Waals surface area contributed by atoms with Crippen molar-refractivity contribution in [3.05, 3.63) is 65.8 Å². The molecule has 0 saturated carbocycles. The van der Waals surface area contributed by atoms with Gasteiger partial charge < -0.3 is 9.84 Å². The third kappa shape index (κ3) is 6.25. The van der Waals surface area contributed by atoms with Crippen LogP contribution in [0, 0.1) is 5.82 Å². The standard InChI is InChI=1S/C23H26FN5O4S/c24-19-7-5-17(6-8-19)22-27-23(33-28-22)18-2-1-13-29(14-18)15-21(30)26-12-11-16-3-9-20(10-4-16)34(25,31)32/h3-10,18H,1-2,11-15H2,(H,26,30)(H2,25,31,32). The highest BCUT2D eigenvalue weighted by molar-refractivity contribution is 7.89. The number of aromatic nitrogens is 2. The fourth-order valence-electron chi connectivity index (χ4n) is 3.97. The molecule has 9 nitrogen and oxygen atoms in total. The molecule has 1 aliphatic heterocycles. The second-order valence-electron chi connectivity index (χ2n) is 8.33. The number of likely N-dealkylation sites (tertiary alicyclic amines) is 1. The Morgan fingerprint density at radius 2 is 1.91 bits per heavy atom. The summed E-state index contributed by atoms with van der Waals surface area (Å²) in [7, 11) is -3.71. The molecule has 1 atom stereocenters. The third-order valence-electron chi connectivity index (χ3n) is 5.75. The topological polar surface area (TPSA) is 131 Å². The number of piperidine rings is 1. The van der Waals surface area contributed by atoms with Gasteiger partial charge in [-0.05, 0) is 67.8 Å². The zero-order valence-electron chi connectivity index (χ0n) is 18.5. The summed E-state index contributed by atoms with van der Waals surface area (Å²) in [6.45, 7) is 2.14. The average Bonchev–Trinajstić information content (AvgIpc) is 3.30. The molecule has 3 N–H and O–H groups in total. The second kappa shape index (κ2) is 10.4. The van der Waals surface area contributed by atoms with E-state index >= 15 is 0 Å². The molecule has 0 aliphatic carbocycles. The second-order valence-corrected chi connectivity index (χ2v) is 9.89. The van der Waals surface area contributed by atoms with Crippen molar-refractivity contribution in [2.45, 2.75) is 30.1 Å². The molecule has 1 saturated heterocycles. The van der Waals surface area contributed by atoms with Crippen molar-refractivity contribution in [2.75, 3.05) is 26.2 Å². The number of carbonyl (C=O) groups is 1. The fraction of sp³-hybridized carbons (Fsp3) is 0.348. The van der Waals surface area contributed by atoms with Gasteiger partial charge >= 0.3 is 0 Å². The van der Waals surface area contributed by atoms with Crippen LogP contribution in [0.5, 0.6) is 0 Å². The summed E-state index contributed by atoms with van der Waals surface area (Å²) in [5, 5.41) is 12.0. The molecule has 1 fully saturated rings. The Morgan fingerprint density at radius 1 is 1.18 bits per heavy atom. The zero-order chi connectivity index (χ0) is 24.1. The molecule has 0 radical (unpaired) electrons. The summed E-state index contributed by atoms with van der Waals surface area (Å²) in [5.41, 5.74) is 1.59. The first kappa shape index (κ1) is 24.0. The van der Waals surface area contributed by atoms with Crippen LogP contribution >= 0.6 is 0 Å². The van der Waals surface area contributed by atoms with Gasteiger partial charge in [0.2, 0.25) is 27.6 Å². The van der Waals surface area contributed by atoms with E-state index in [4.69, 9.17) is 9.66 Å². The predicted octanol–water partition coefficient (Wildman–Crippen LogP) is 2.06. The van der Waals surface area contributed by atoms with E-state index in [2.05, 4.69) is 20.4 Å². The maximum atomic E-state index is 13.1. The number of benzene rings is 2. The minimum absolute atomic E-state index is 0.0283. The van der Waals surface area contributed by atoms with Crippen LogP contribution < -0.4 is 10.5 Å². The fourth-order valence-corrected chi connectivity index (χ4v) is 4.48. The number of nitrogens with two attached hydrogens (primary N) is 1. The molecule has 1 aromatic heterocycles. The number of nitrogens with zero attached hydrogens (tertiary/aromatic N) is 3. The lowest BCUT2D eigenvalue weighted by molar-refractivity contribution is -0.122. The van der Waals surface area contributed by atoms with Gasteiger partial charge in [0.25, 0.3) is 0 Å². The maximum absolute atomic E-state index is 13.1. The maximum Gasteiger partial charge on any atom is 0.238 e. The monoisotopic (exact) mass is 487 g/mol. The van der Waals surface area contributed by atoms with E-state index in [1.807, 2.05) is 0 Å². The number of sulfonamides is 1. The Balaban J connectivity index is 1.25. The van der Waals surface area contributed by atoms with Crippen molar-refractivity contribution in [1.82, 2.24) is 20.4 Å². The van der Waals surface area contributed by atoms with Crippen LogP contribution in [0.3, 0.4) is 0 Å². The summed E-state index contributed by atoms with van der Waals surface area (Å²) in [6.07, 6.45) is 2.37. The number of hydrogen-bond acceptors (Lipinski definition) is 7. The molecule has 4 rings (SSSR count). The minimum atomic E-state index is -3.71. The first-order chi connectivity index (χ1) is 16.3. The van der Waals surface area contributed by atoms with Gasteiger partial charge in [-0.1, -0.05) is 17.3 Å². The van der Waals surface area contributed by atoms with Crippen molar-refractivity contribution in [3.63, 3.8) is 0 Å². The van der Waals surface area contributed by atoms with Gasteiger partial charge in [-0.3, -0.25) is 9.69 Å². The molecule has 1 amide bonds. The van der Waals surface area contributed by atoms with Crippen molar-refractivity contribution in [2.24, 2.45) is 5.14 Å². The quantitative estimate of drug-likeness (QED) is 0.497. The van der Waals surface area contributed by atoms with E-state index in [9.17, 15) is 17.6 Å². The Hall–Kier alpha value is -3.15. The van der Waals surface area contributed by atoms with Gasteiger partial charge in [-0.25, -0.2) is 17.9 Å². The third-order valence-corrected chi connectivity index (χ3v) is 6.68. The Morgan fingerprint density at radius 3 is 2.62 bits per heavy atom. The molecule has 0 bridgehead atoms. The van der Waals surface area contributed by atoms with Gasteiger partial charge in [0.1, 0.15) is 5.82 Å². The van der Waals surface area contributed by atoms with E-state index in [0.29, 0.717) is 36.8 Å². The van der Waals surface area contributed by atoms with Gasteiger partial charge in [0.15, 0.2) is 0 Å². The molecular formula is C23H26FN5O4S. The summed E-state index contributed by atoms with van der Waals surface area (Å²) in [4.78, 5) is 19.0. The van der Waals surface area contributed by atoms with Crippen molar-refractivity contribution in [1.29, 1.82) is 0 Å². The molecule has 1 aliphatic rings. The predicted molar refractivity (Wildman–Crippen MR) is 123 cm³/mol. The first-order valence-electron chi connectivity index (χ1n) is 11.0. The molecule has 2 heterocycles. The van der Waals surface area contributed by atoms with Crippen LogP contribution in [-0.4, -0.2) is 55.5 Å². The number of amides is 1. The normalized spacial score (nSPS) is 16.9. The van der Waals surface area contributed by atoms with E-state index in [1.54, 1.807) is 24.3 Å². The van der Waals surface area contributed by atoms with Crippen LogP contribution in [0.4, 0.5) is 4.39 Å². The summed E-state index contributed by atoms with van der Waals surface area (Å²) in [5.74, 6) is 0.558. The number of rotatable bonds is 8. The van der Waals surface area contributed by atoms with Crippen LogP contribution in [0.1, 0.15) is 30.2 Å². The molecule has 1 unspecified atom stereocenters. The molecule has 11 heteroatoms. The zero-order valence-corrected chi connectivity index (χ0v) is 19.3. The first-order valence-corrected chi connectivity index (χ1v) is 12.5. The lowest BCUT2D eigenvalue weighted by atomic mass is 9.98. The van der Waals surface area contributed by atoms with E-state index in [1.165, 1.54) is 24.3 Å². The highest BCUT2D eigenvalue weighted by atomic mass is 32.2. The van der Waals surface area contributed by atoms with Crippen molar-refractivity contribution < 1.29 is 22.1 Å². The average molecular weight is 488 g/mol. The van der Waals surface area contributed by atoms with E-state index < -0.39 is 10.0 Å². The largest absolute Gasteiger partial charge is 0.355 e. The lowest BCUT2D eigenvalue weighted by Crippen LogP contribution is -2.42. The summed E-state index contributed by atoms with van der Waals surface area (Å²) < 4.78 is 41.2. The Labute approximate surface area is 197 Å². The van der Waals surface area contributed by atoms with Crippen LogP contribution in [0.2, 0.25) is 0 Å². The number of primary sulfonamides is 1. The molecular weight excluding hydrogens is 461 g/mol. The Bertz CT molecular complexity index is 1230. The number of hydrogen-bond donors (Lipinski definition) is 2.